The van der Waals surface area contributed by atoms with Crippen LogP contribution in [0.5, 0.6) is 0 Å². The van der Waals surface area contributed by atoms with Crippen LogP contribution in [-0.4, -0.2) is 40.8 Å². The maximum Gasteiger partial charge on any atom is 0.239 e. The summed E-state index contributed by atoms with van der Waals surface area (Å²) >= 11 is 0. The smallest absolute Gasteiger partial charge is 0.239 e. The zero-order chi connectivity index (χ0) is 20.0. The second-order valence-electron chi connectivity index (χ2n) is 7.47. The molecule has 0 saturated carbocycles. The second kappa shape index (κ2) is 10.4. The number of carbonyl (C=O) groups is 1. The molecule has 2 aromatic rings. The number of benzene rings is 1. The number of rotatable bonds is 5. The highest BCUT2D eigenvalue weighted by Crippen LogP contribution is 2.17. The third-order valence-electron chi connectivity index (χ3n) is 4.03. The minimum atomic E-state index is -0.254. The molecule has 8 heteroatoms. The third-order valence-corrected chi connectivity index (χ3v) is 4.03. The molecule has 0 spiro atoms. The van der Waals surface area contributed by atoms with Crippen LogP contribution in [0.25, 0.3) is 5.69 Å². The van der Waals surface area contributed by atoms with Gasteiger partial charge in [-0.25, -0.2) is 4.68 Å². The van der Waals surface area contributed by atoms with Gasteiger partial charge in [-0.3, -0.25) is 9.79 Å². The molecule has 0 aliphatic carbocycles. The van der Waals surface area contributed by atoms with Gasteiger partial charge in [0.15, 0.2) is 5.96 Å². The standard InChI is InChI=1S/C20H30N6O.HI/c1-14-17(15(2)26(25-14)16-10-8-7-9-11-16)12-22-19(21-6)23-13-18(27)24-20(3,4)5;/h7-11H,12-13H2,1-6H3,(H,24,27)(H2,21,22,23);1H. The van der Waals surface area contributed by atoms with Gasteiger partial charge in [0.2, 0.25) is 5.91 Å². The van der Waals surface area contributed by atoms with Crippen LogP contribution in [0.15, 0.2) is 35.3 Å². The van der Waals surface area contributed by atoms with Crippen molar-refractivity contribution in [3.8, 4) is 5.69 Å². The molecule has 1 aromatic carbocycles. The molecule has 3 N–H and O–H groups in total. The number of para-hydroxylation sites is 1. The number of aromatic nitrogens is 2. The van der Waals surface area contributed by atoms with Crippen LogP contribution in [0.4, 0.5) is 0 Å². The number of nitrogens with one attached hydrogen (secondary N) is 3. The average molecular weight is 498 g/mol. The Hall–Kier alpha value is -2.10. The summed E-state index contributed by atoms with van der Waals surface area (Å²) in [5.74, 6) is 0.500. The molecule has 0 saturated heterocycles. The molecule has 0 fully saturated rings. The van der Waals surface area contributed by atoms with Gasteiger partial charge >= 0.3 is 0 Å². The number of hydrogen-bond donors (Lipinski definition) is 3. The Labute approximate surface area is 184 Å². The number of aryl methyl sites for hydroxylation is 1. The van der Waals surface area contributed by atoms with Gasteiger partial charge in [0.05, 0.1) is 17.9 Å². The summed E-state index contributed by atoms with van der Waals surface area (Å²) in [6.45, 7) is 10.6. The Balaban J connectivity index is 0.00000392. The molecule has 2 rings (SSSR count). The van der Waals surface area contributed by atoms with Crippen LogP contribution in [0, 0.1) is 13.8 Å². The highest BCUT2D eigenvalue weighted by molar-refractivity contribution is 14.0. The summed E-state index contributed by atoms with van der Waals surface area (Å²) in [5, 5.41) is 13.9. The van der Waals surface area contributed by atoms with Crippen LogP contribution >= 0.6 is 24.0 Å². The van der Waals surface area contributed by atoms with E-state index >= 15 is 0 Å². The first-order chi connectivity index (χ1) is 12.7. The van der Waals surface area contributed by atoms with E-state index in [4.69, 9.17) is 0 Å². The number of amides is 1. The molecule has 0 unspecified atom stereocenters. The lowest BCUT2D eigenvalue weighted by molar-refractivity contribution is -0.121. The summed E-state index contributed by atoms with van der Waals surface area (Å²) in [6, 6.07) is 10.1. The first kappa shape index (κ1) is 23.9. The Morgan fingerprint density at radius 2 is 1.79 bits per heavy atom. The van der Waals surface area contributed by atoms with Crippen molar-refractivity contribution in [2.24, 2.45) is 4.99 Å². The molecule has 1 aromatic heterocycles. The molecule has 28 heavy (non-hydrogen) atoms. The minimum Gasteiger partial charge on any atom is -0.352 e. The van der Waals surface area contributed by atoms with Crippen molar-refractivity contribution in [2.45, 2.75) is 46.7 Å². The van der Waals surface area contributed by atoms with Gasteiger partial charge < -0.3 is 16.0 Å². The average Bonchev–Trinajstić information content (AvgIpc) is 2.89. The van der Waals surface area contributed by atoms with E-state index in [1.54, 1.807) is 7.05 Å². The SMILES string of the molecule is CN=C(NCC(=O)NC(C)(C)C)NCc1c(C)nn(-c2ccccc2)c1C.I. The molecule has 0 aliphatic rings. The highest BCUT2D eigenvalue weighted by Gasteiger charge is 2.15. The van der Waals surface area contributed by atoms with Crippen molar-refractivity contribution in [2.75, 3.05) is 13.6 Å². The minimum absolute atomic E-state index is 0. The van der Waals surface area contributed by atoms with Gasteiger partial charge in [0.1, 0.15) is 0 Å². The molecule has 0 radical (unpaired) electrons. The van der Waals surface area contributed by atoms with Gasteiger partial charge in [-0.1, -0.05) is 18.2 Å². The number of nitrogens with zero attached hydrogens (tertiary/aromatic N) is 3. The number of halogens is 1. The van der Waals surface area contributed by atoms with E-state index in [2.05, 4.69) is 33.0 Å². The quantitative estimate of drug-likeness (QED) is 0.337. The van der Waals surface area contributed by atoms with Crippen molar-refractivity contribution >= 4 is 35.8 Å². The summed E-state index contributed by atoms with van der Waals surface area (Å²) in [7, 11) is 1.68. The molecule has 0 aliphatic heterocycles. The molecular weight excluding hydrogens is 467 g/mol. The summed E-state index contributed by atoms with van der Waals surface area (Å²) in [6.07, 6.45) is 0. The van der Waals surface area contributed by atoms with Crippen LogP contribution in [0.2, 0.25) is 0 Å². The topological polar surface area (TPSA) is 83.3 Å². The summed E-state index contributed by atoms with van der Waals surface area (Å²) < 4.78 is 1.94. The Morgan fingerprint density at radius 1 is 1.14 bits per heavy atom. The lowest BCUT2D eigenvalue weighted by atomic mass is 10.1. The summed E-state index contributed by atoms with van der Waals surface area (Å²) in [4.78, 5) is 16.1. The van der Waals surface area contributed by atoms with Crippen molar-refractivity contribution < 1.29 is 4.79 Å². The van der Waals surface area contributed by atoms with Crippen molar-refractivity contribution in [3.05, 3.63) is 47.3 Å². The molecule has 1 amide bonds. The van der Waals surface area contributed by atoms with Crippen molar-refractivity contribution in [1.29, 1.82) is 0 Å². The number of carbonyl (C=O) groups excluding carboxylic acids is 1. The van der Waals surface area contributed by atoms with Gasteiger partial charge in [0, 0.05) is 30.4 Å². The largest absolute Gasteiger partial charge is 0.352 e. The van der Waals surface area contributed by atoms with Crippen LogP contribution in [0.1, 0.15) is 37.7 Å². The molecule has 0 bridgehead atoms. The first-order valence-corrected chi connectivity index (χ1v) is 9.07. The number of aliphatic imine (C=N–C) groups is 1. The van der Waals surface area contributed by atoms with E-state index in [9.17, 15) is 4.79 Å². The fourth-order valence-corrected chi connectivity index (χ4v) is 2.77. The molecular formula is C20H31IN6O. The summed E-state index contributed by atoms with van der Waals surface area (Å²) in [5.41, 5.74) is 3.93. The van der Waals surface area contributed by atoms with Crippen LogP contribution in [-0.2, 0) is 11.3 Å². The highest BCUT2D eigenvalue weighted by atomic mass is 127. The fourth-order valence-electron chi connectivity index (χ4n) is 2.77. The van der Waals surface area contributed by atoms with Crippen molar-refractivity contribution in [3.63, 3.8) is 0 Å². The monoisotopic (exact) mass is 498 g/mol. The van der Waals surface area contributed by atoms with E-state index in [0.717, 1.165) is 22.6 Å². The predicted octanol–water partition coefficient (Wildman–Crippen LogP) is 2.69. The molecule has 0 atom stereocenters. The Kier molecular flexibility index (Phi) is 8.93. The maximum atomic E-state index is 12.0. The lowest BCUT2D eigenvalue weighted by Gasteiger charge is -2.21. The van der Waals surface area contributed by atoms with E-state index in [-0.39, 0.29) is 42.0 Å². The molecule has 154 valence electrons. The first-order valence-electron chi connectivity index (χ1n) is 9.07. The zero-order valence-electron chi connectivity index (χ0n) is 17.5. The maximum absolute atomic E-state index is 12.0. The molecule has 1 heterocycles. The number of hydrogen-bond acceptors (Lipinski definition) is 3. The predicted molar refractivity (Wildman–Crippen MR) is 125 cm³/mol. The van der Waals surface area contributed by atoms with Gasteiger partial charge in [-0.2, -0.15) is 5.10 Å². The van der Waals surface area contributed by atoms with E-state index in [1.807, 2.05) is 62.7 Å². The Bertz CT molecular complexity index is 808. The van der Waals surface area contributed by atoms with Gasteiger partial charge in [-0.05, 0) is 46.8 Å². The van der Waals surface area contributed by atoms with Gasteiger partial charge in [0.25, 0.3) is 0 Å². The van der Waals surface area contributed by atoms with E-state index in [0.29, 0.717) is 12.5 Å². The third kappa shape index (κ3) is 6.81. The fraction of sp³-hybridized carbons (Fsp3) is 0.450. The molecule has 7 nitrogen and oxygen atoms in total. The number of guanidine groups is 1. The second-order valence-corrected chi connectivity index (χ2v) is 7.47. The van der Waals surface area contributed by atoms with Crippen LogP contribution in [0.3, 0.4) is 0 Å². The Morgan fingerprint density at radius 3 is 2.36 bits per heavy atom. The van der Waals surface area contributed by atoms with Crippen molar-refractivity contribution in [1.82, 2.24) is 25.7 Å². The van der Waals surface area contributed by atoms with E-state index < -0.39 is 0 Å². The van der Waals surface area contributed by atoms with Crippen LogP contribution < -0.4 is 16.0 Å². The van der Waals surface area contributed by atoms with Gasteiger partial charge in [-0.15, -0.1) is 24.0 Å². The van der Waals surface area contributed by atoms with E-state index in [1.165, 1.54) is 0 Å². The normalized spacial score (nSPS) is 11.6. The lowest BCUT2D eigenvalue weighted by Crippen LogP contribution is -2.48. The zero-order valence-corrected chi connectivity index (χ0v) is 19.8.